The molecule has 0 saturated carbocycles. The molecule has 1 N–H and O–H groups in total. The smallest absolute Gasteiger partial charge is 0.337 e. The number of aromatic carboxylic acids is 1. The summed E-state index contributed by atoms with van der Waals surface area (Å²) in [5, 5.41) is 8.78. The van der Waals surface area contributed by atoms with Crippen LogP contribution in [0.1, 0.15) is 27.8 Å². The van der Waals surface area contributed by atoms with Crippen LogP contribution in [0.2, 0.25) is 0 Å². The zero-order valence-corrected chi connectivity index (χ0v) is 10.9. The molecule has 1 aliphatic rings. The second-order valence-electron chi connectivity index (χ2n) is 4.46. The van der Waals surface area contributed by atoms with Gasteiger partial charge in [-0.15, -0.1) is 0 Å². The number of carboxylic acids is 1. The van der Waals surface area contributed by atoms with E-state index in [1.165, 1.54) is 18.3 Å². The Morgan fingerprint density at radius 2 is 1.95 bits per heavy atom. The summed E-state index contributed by atoms with van der Waals surface area (Å²) in [6.45, 7) is 6.21. The van der Waals surface area contributed by atoms with E-state index in [9.17, 15) is 9.59 Å². The molecule has 0 aliphatic carbocycles. The van der Waals surface area contributed by atoms with Crippen molar-refractivity contribution in [2.45, 2.75) is 6.92 Å². The van der Waals surface area contributed by atoms with Gasteiger partial charge in [0.1, 0.15) is 5.69 Å². The van der Waals surface area contributed by atoms with Gasteiger partial charge in [0.15, 0.2) is 0 Å². The van der Waals surface area contributed by atoms with Gasteiger partial charge in [-0.25, -0.2) is 4.79 Å². The van der Waals surface area contributed by atoms with E-state index in [0.29, 0.717) is 18.8 Å². The molecule has 19 heavy (non-hydrogen) atoms. The molecule has 6 nitrogen and oxygen atoms in total. The highest BCUT2D eigenvalue weighted by atomic mass is 16.4. The molecule has 0 aromatic carbocycles. The van der Waals surface area contributed by atoms with Gasteiger partial charge in [-0.3, -0.25) is 9.78 Å². The normalized spacial score (nSPS) is 16.4. The number of piperazine rings is 1. The first kappa shape index (κ1) is 13.5. The van der Waals surface area contributed by atoms with Crippen molar-refractivity contribution in [1.82, 2.24) is 14.8 Å². The van der Waals surface area contributed by atoms with Gasteiger partial charge in [0.05, 0.1) is 5.56 Å². The van der Waals surface area contributed by atoms with E-state index in [2.05, 4.69) is 16.8 Å². The highest BCUT2D eigenvalue weighted by molar-refractivity contribution is 5.93. The quantitative estimate of drug-likeness (QED) is 0.862. The minimum absolute atomic E-state index is 0.0901. The van der Waals surface area contributed by atoms with E-state index < -0.39 is 5.97 Å². The average molecular weight is 263 g/mol. The number of nitrogens with zero attached hydrogens (tertiary/aromatic N) is 3. The van der Waals surface area contributed by atoms with Crippen molar-refractivity contribution in [3.8, 4) is 0 Å². The molecular weight excluding hydrogens is 246 g/mol. The van der Waals surface area contributed by atoms with Gasteiger partial charge in [-0.1, -0.05) is 6.92 Å². The number of pyridine rings is 1. The molecule has 1 amide bonds. The first-order valence-corrected chi connectivity index (χ1v) is 6.32. The van der Waals surface area contributed by atoms with Crippen LogP contribution < -0.4 is 0 Å². The van der Waals surface area contributed by atoms with Crippen molar-refractivity contribution in [2.24, 2.45) is 0 Å². The van der Waals surface area contributed by atoms with Crippen LogP contribution in [-0.4, -0.2) is 64.5 Å². The van der Waals surface area contributed by atoms with Crippen LogP contribution in [0.25, 0.3) is 0 Å². The lowest BCUT2D eigenvalue weighted by atomic mass is 10.2. The number of aromatic nitrogens is 1. The maximum atomic E-state index is 12.2. The fraction of sp³-hybridized carbons (Fsp3) is 0.462. The summed E-state index contributed by atoms with van der Waals surface area (Å²) in [4.78, 5) is 30.9. The molecule has 1 aromatic rings. The molecule has 1 fully saturated rings. The van der Waals surface area contributed by atoms with Gasteiger partial charge in [-0.05, 0) is 18.7 Å². The lowest BCUT2D eigenvalue weighted by Gasteiger charge is -2.33. The monoisotopic (exact) mass is 263 g/mol. The minimum Gasteiger partial charge on any atom is -0.478 e. The van der Waals surface area contributed by atoms with Crippen LogP contribution in [0.15, 0.2) is 18.3 Å². The van der Waals surface area contributed by atoms with Gasteiger partial charge >= 0.3 is 5.97 Å². The molecule has 0 spiro atoms. The van der Waals surface area contributed by atoms with Crippen LogP contribution in [0, 0.1) is 0 Å². The zero-order valence-electron chi connectivity index (χ0n) is 10.9. The molecule has 0 atom stereocenters. The summed E-state index contributed by atoms with van der Waals surface area (Å²) in [5.74, 6) is -1.17. The predicted octanol–water partition coefficient (Wildman–Crippen LogP) is 0.558. The standard InChI is InChI=1S/C13H17N3O3/c1-2-15-5-7-16(8-6-15)12(17)11-4-3-10(9-14-11)13(18)19/h3-4,9H,2,5-8H2,1H3,(H,18,19). The van der Waals surface area contributed by atoms with Crippen LogP contribution >= 0.6 is 0 Å². The van der Waals surface area contributed by atoms with E-state index in [4.69, 9.17) is 5.11 Å². The van der Waals surface area contributed by atoms with Gasteiger partial charge in [0.2, 0.25) is 0 Å². The number of hydrogen-bond donors (Lipinski definition) is 1. The van der Waals surface area contributed by atoms with E-state index in [1.807, 2.05) is 0 Å². The Hall–Kier alpha value is -1.95. The first-order chi connectivity index (χ1) is 9.11. The van der Waals surface area contributed by atoms with Crippen molar-refractivity contribution in [1.29, 1.82) is 0 Å². The molecule has 0 unspecified atom stereocenters. The number of carbonyl (C=O) groups is 2. The Bertz CT molecular complexity index is 465. The second kappa shape index (κ2) is 5.79. The van der Waals surface area contributed by atoms with Crippen LogP contribution in [-0.2, 0) is 0 Å². The van der Waals surface area contributed by atoms with E-state index in [-0.39, 0.29) is 11.5 Å². The molecule has 0 bridgehead atoms. The number of likely N-dealkylation sites (N-methyl/N-ethyl adjacent to an activating group) is 1. The molecule has 1 aliphatic heterocycles. The number of amides is 1. The summed E-state index contributed by atoms with van der Waals surface area (Å²) >= 11 is 0. The lowest BCUT2D eigenvalue weighted by molar-refractivity contribution is 0.0634. The number of hydrogen-bond acceptors (Lipinski definition) is 4. The number of carbonyl (C=O) groups excluding carboxylic acids is 1. The van der Waals surface area contributed by atoms with Gasteiger partial charge in [-0.2, -0.15) is 0 Å². The minimum atomic E-state index is -1.04. The number of rotatable bonds is 3. The summed E-state index contributed by atoms with van der Waals surface area (Å²) in [6, 6.07) is 2.88. The largest absolute Gasteiger partial charge is 0.478 e. The topological polar surface area (TPSA) is 73.7 Å². The Kier molecular flexibility index (Phi) is 4.11. The molecule has 1 saturated heterocycles. The van der Waals surface area contributed by atoms with Crippen LogP contribution in [0.5, 0.6) is 0 Å². The zero-order chi connectivity index (χ0) is 13.8. The molecular formula is C13H17N3O3. The van der Waals surface area contributed by atoms with Crippen molar-refractivity contribution in [3.05, 3.63) is 29.6 Å². The summed E-state index contributed by atoms with van der Waals surface area (Å²) in [5.41, 5.74) is 0.391. The van der Waals surface area contributed by atoms with E-state index in [0.717, 1.165) is 19.6 Å². The Morgan fingerprint density at radius 3 is 2.42 bits per heavy atom. The SMILES string of the molecule is CCN1CCN(C(=O)c2ccc(C(=O)O)cn2)CC1. The maximum absolute atomic E-state index is 12.2. The fourth-order valence-corrected chi connectivity index (χ4v) is 2.08. The molecule has 1 aromatic heterocycles. The molecule has 2 rings (SSSR count). The summed E-state index contributed by atoms with van der Waals surface area (Å²) in [7, 11) is 0. The molecule has 6 heteroatoms. The maximum Gasteiger partial charge on any atom is 0.337 e. The summed E-state index contributed by atoms with van der Waals surface area (Å²) in [6.07, 6.45) is 1.22. The van der Waals surface area contributed by atoms with E-state index in [1.54, 1.807) is 4.90 Å². The number of carboxylic acid groups (broad SMARTS) is 1. The van der Waals surface area contributed by atoms with Crippen molar-refractivity contribution >= 4 is 11.9 Å². The molecule has 102 valence electrons. The van der Waals surface area contributed by atoms with E-state index >= 15 is 0 Å². The highest BCUT2D eigenvalue weighted by Crippen LogP contribution is 2.08. The summed E-state index contributed by atoms with van der Waals surface area (Å²) < 4.78 is 0. The lowest BCUT2D eigenvalue weighted by Crippen LogP contribution is -2.48. The van der Waals surface area contributed by atoms with Gasteiger partial charge < -0.3 is 14.9 Å². The Balaban J connectivity index is 2.02. The third kappa shape index (κ3) is 3.08. The van der Waals surface area contributed by atoms with Crippen molar-refractivity contribution < 1.29 is 14.7 Å². The second-order valence-corrected chi connectivity index (χ2v) is 4.46. The molecule has 0 radical (unpaired) electrons. The van der Waals surface area contributed by atoms with Crippen molar-refractivity contribution in [3.63, 3.8) is 0 Å². The Labute approximate surface area is 111 Å². The van der Waals surface area contributed by atoms with Crippen LogP contribution in [0.4, 0.5) is 0 Å². The first-order valence-electron chi connectivity index (χ1n) is 6.32. The average Bonchev–Trinajstić information content (AvgIpc) is 2.46. The third-order valence-corrected chi connectivity index (χ3v) is 3.34. The third-order valence-electron chi connectivity index (χ3n) is 3.34. The van der Waals surface area contributed by atoms with Crippen molar-refractivity contribution in [2.75, 3.05) is 32.7 Å². The Morgan fingerprint density at radius 1 is 1.26 bits per heavy atom. The fourth-order valence-electron chi connectivity index (χ4n) is 2.08. The predicted molar refractivity (Wildman–Crippen MR) is 69.2 cm³/mol. The van der Waals surface area contributed by atoms with Crippen LogP contribution in [0.3, 0.4) is 0 Å². The van der Waals surface area contributed by atoms with Gasteiger partial charge in [0, 0.05) is 32.4 Å². The molecule has 2 heterocycles. The van der Waals surface area contributed by atoms with Gasteiger partial charge in [0.25, 0.3) is 5.91 Å². The highest BCUT2D eigenvalue weighted by Gasteiger charge is 2.22.